The van der Waals surface area contributed by atoms with Gasteiger partial charge in [0.15, 0.2) is 0 Å². The van der Waals surface area contributed by atoms with Crippen LogP contribution in [0, 0.1) is 6.92 Å². The molecule has 0 heterocycles. The number of rotatable bonds is 0. The van der Waals surface area contributed by atoms with Crippen molar-refractivity contribution >= 4 is 12.2 Å². The quantitative estimate of drug-likeness (QED) is 0.557. The Bertz CT molecular complexity index is 301. The van der Waals surface area contributed by atoms with Crippen LogP contribution in [0.3, 0.4) is 0 Å². The lowest BCUT2D eigenvalue weighted by atomic mass is 10.2. The molecular formula is C11H18N2O4. The Hall–Kier alpha value is -2.24. The summed E-state index contributed by atoms with van der Waals surface area (Å²) in [4.78, 5) is 18.5. The van der Waals surface area contributed by atoms with Crippen molar-refractivity contribution in [1.29, 1.82) is 0 Å². The molecule has 6 heteroatoms. The van der Waals surface area contributed by atoms with E-state index in [0.717, 1.165) is 0 Å². The molecule has 0 spiro atoms. The van der Waals surface area contributed by atoms with Crippen molar-refractivity contribution in [2.45, 2.75) is 6.92 Å². The summed E-state index contributed by atoms with van der Waals surface area (Å²) in [5, 5.41) is 19.1. The van der Waals surface area contributed by atoms with Crippen molar-refractivity contribution in [3.63, 3.8) is 0 Å². The Morgan fingerprint density at radius 3 is 1.35 bits per heavy atom. The Morgan fingerprint density at radius 1 is 0.941 bits per heavy atom. The second-order valence-electron chi connectivity index (χ2n) is 2.77. The van der Waals surface area contributed by atoms with E-state index in [-0.39, 0.29) is 0 Å². The Morgan fingerprint density at radius 2 is 1.24 bits per heavy atom. The molecule has 0 saturated heterocycles. The third-order valence-electron chi connectivity index (χ3n) is 1.37. The zero-order chi connectivity index (χ0) is 13.7. The normalized spacial score (nSPS) is 7.47. The maximum Gasteiger partial charge on any atom is 0.404 e. The molecular weight excluding hydrogens is 224 g/mol. The lowest BCUT2D eigenvalue weighted by molar-refractivity contribution is 0.196. The number of aryl methyl sites for hydroxylation is 1. The molecule has 4 N–H and O–H groups in total. The highest BCUT2D eigenvalue weighted by Gasteiger charge is 1.77. The number of hydrogen-bond donors (Lipinski definition) is 4. The average Bonchev–Trinajstić information content (AvgIpc) is 2.31. The maximum absolute atomic E-state index is 9.26. The van der Waals surface area contributed by atoms with Crippen LogP contribution < -0.4 is 10.6 Å². The van der Waals surface area contributed by atoms with Gasteiger partial charge in [0.2, 0.25) is 0 Å². The molecule has 1 aromatic carbocycles. The molecule has 0 aliphatic rings. The molecule has 0 fully saturated rings. The summed E-state index contributed by atoms with van der Waals surface area (Å²) in [6, 6.07) is 10.3. The number of carbonyl (C=O) groups is 2. The van der Waals surface area contributed by atoms with Crippen LogP contribution in [-0.4, -0.2) is 36.5 Å². The highest BCUT2D eigenvalue weighted by atomic mass is 16.4. The molecule has 0 atom stereocenters. The number of amides is 2. The van der Waals surface area contributed by atoms with E-state index in [1.54, 1.807) is 0 Å². The Balaban J connectivity index is 0. The molecule has 0 bridgehead atoms. The minimum Gasteiger partial charge on any atom is -0.465 e. The van der Waals surface area contributed by atoms with Gasteiger partial charge in [0, 0.05) is 14.1 Å². The molecule has 0 aliphatic heterocycles. The van der Waals surface area contributed by atoms with Gasteiger partial charge in [0.25, 0.3) is 0 Å². The van der Waals surface area contributed by atoms with Crippen LogP contribution in [0.15, 0.2) is 30.3 Å². The molecule has 1 rings (SSSR count). The minimum absolute atomic E-state index is 0.995. The van der Waals surface area contributed by atoms with E-state index in [9.17, 15) is 9.59 Å². The van der Waals surface area contributed by atoms with Crippen LogP contribution in [0.5, 0.6) is 0 Å². The summed E-state index contributed by atoms with van der Waals surface area (Å²) in [5.41, 5.74) is 1.32. The highest BCUT2D eigenvalue weighted by molar-refractivity contribution is 5.63. The minimum atomic E-state index is -0.995. The maximum atomic E-state index is 9.26. The van der Waals surface area contributed by atoms with Crippen LogP contribution in [0.1, 0.15) is 5.56 Å². The first-order valence-electron chi connectivity index (χ1n) is 4.77. The van der Waals surface area contributed by atoms with Crippen molar-refractivity contribution in [1.82, 2.24) is 10.6 Å². The smallest absolute Gasteiger partial charge is 0.404 e. The molecule has 0 aliphatic carbocycles. The molecule has 1 aromatic rings. The lowest BCUT2D eigenvalue weighted by Crippen LogP contribution is -2.13. The third kappa shape index (κ3) is 20.0. The van der Waals surface area contributed by atoms with Gasteiger partial charge in [-0.1, -0.05) is 35.9 Å². The molecule has 6 nitrogen and oxygen atoms in total. The zero-order valence-electron chi connectivity index (χ0n) is 10.1. The molecule has 0 aromatic heterocycles. The molecule has 96 valence electrons. The summed E-state index contributed by atoms with van der Waals surface area (Å²) in [7, 11) is 2.70. The van der Waals surface area contributed by atoms with Gasteiger partial charge in [0.1, 0.15) is 0 Å². The van der Waals surface area contributed by atoms with Gasteiger partial charge >= 0.3 is 12.2 Å². The largest absolute Gasteiger partial charge is 0.465 e. The summed E-state index contributed by atoms with van der Waals surface area (Å²) < 4.78 is 0. The van der Waals surface area contributed by atoms with Gasteiger partial charge in [-0.3, -0.25) is 0 Å². The van der Waals surface area contributed by atoms with Gasteiger partial charge in [-0.15, -0.1) is 0 Å². The molecule has 0 saturated carbocycles. The van der Waals surface area contributed by atoms with Crippen LogP contribution >= 0.6 is 0 Å². The third-order valence-corrected chi connectivity index (χ3v) is 1.37. The van der Waals surface area contributed by atoms with Gasteiger partial charge in [0.05, 0.1) is 0 Å². The van der Waals surface area contributed by atoms with Crippen molar-refractivity contribution < 1.29 is 19.8 Å². The van der Waals surface area contributed by atoms with Gasteiger partial charge in [-0.2, -0.15) is 0 Å². The number of hydrogen-bond acceptors (Lipinski definition) is 2. The monoisotopic (exact) mass is 242 g/mol. The summed E-state index contributed by atoms with van der Waals surface area (Å²) in [5.74, 6) is 0. The second kappa shape index (κ2) is 11.8. The SMILES string of the molecule is CNC(=O)O.CNC(=O)O.Cc1ccccc1. The number of carboxylic acid groups (broad SMARTS) is 2. The summed E-state index contributed by atoms with van der Waals surface area (Å²) in [6.07, 6.45) is -1.99. The molecule has 17 heavy (non-hydrogen) atoms. The van der Waals surface area contributed by atoms with Gasteiger partial charge < -0.3 is 20.8 Å². The van der Waals surface area contributed by atoms with Crippen molar-refractivity contribution in [3.8, 4) is 0 Å². The van der Waals surface area contributed by atoms with Gasteiger partial charge in [-0.05, 0) is 6.92 Å². The fourth-order valence-electron chi connectivity index (χ4n) is 0.534. The topological polar surface area (TPSA) is 98.7 Å². The Labute approximate surface area is 100 Å². The standard InChI is InChI=1S/C7H8.2C2H5NO2/c1-7-5-3-2-4-6-7;2*1-3-2(4)5/h2-6H,1H3;2*3H,1H3,(H,4,5). The first-order valence-corrected chi connectivity index (χ1v) is 4.77. The molecule has 0 radical (unpaired) electrons. The second-order valence-corrected chi connectivity index (χ2v) is 2.77. The predicted octanol–water partition coefficient (Wildman–Crippen LogP) is 1.76. The first kappa shape index (κ1) is 17.2. The van der Waals surface area contributed by atoms with E-state index >= 15 is 0 Å². The van der Waals surface area contributed by atoms with Crippen LogP contribution in [0.25, 0.3) is 0 Å². The summed E-state index contributed by atoms with van der Waals surface area (Å²) >= 11 is 0. The van der Waals surface area contributed by atoms with E-state index in [1.807, 2.05) is 28.8 Å². The van der Waals surface area contributed by atoms with E-state index in [1.165, 1.54) is 19.7 Å². The van der Waals surface area contributed by atoms with E-state index in [0.29, 0.717) is 0 Å². The molecule has 2 amide bonds. The number of nitrogens with one attached hydrogen (secondary N) is 2. The fraction of sp³-hybridized carbons (Fsp3) is 0.273. The van der Waals surface area contributed by atoms with Crippen molar-refractivity contribution in [2.75, 3.05) is 14.1 Å². The van der Waals surface area contributed by atoms with Crippen molar-refractivity contribution in [2.24, 2.45) is 0 Å². The zero-order valence-corrected chi connectivity index (χ0v) is 10.1. The van der Waals surface area contributed by atoms with Crippen LogP contribution in [0.4, 0.5) is 9.59 Å². The average molecular weight is 242 g/mol. The lowest BCUT2D eigenvalue weighted by Gasteiger charge is -1.82. The van der Waals surface area contributed by atoms with Crippen molar-refractivity contribution in [3.05, 3.63) is 35.9 Å². The fourth-order valence-corrected chi connectivity index (χ4v) is 0.534. The van der Waals surface area contributed by atoms with Crippen LogP contribution in [-0.2, 0) is 0 Å². The predicted molar refractivity (Wildman–Crippen MR) is 65.3 cm³/mol. The van der Waals surface area contributed by atoms with Crippen LogP contribution in [0.2, 0.25) is 0 Å². The Kier molecular flexibility index (Phi) is 11.9. The number of benzene rings is 1. The summed E-state index contributed by atoms with van der Waals surface area (Å²) in [6.45, 7) is 2.08. The van der Waals surface area contributed by atoms with E-state index < -0.39 is 12.2 Å². The van der Waals surface area contributed by atoms with E-state index in [4.69, 9.17) is 10.2 Å². The first-order chi connectivity index (χ1) is 7.93. The highest BCUT2D eigenvalue weighted by Crippen LogP contribution is 1.92. The molecule has 0 unspecified atom stereocenters. The van der Waals surface area contributed by atoms with Gasteiger partial charge in [-0.25, -0.2) is 9.59 Å². The van der Waals surface area contributed by atoms with E-state index in [2.05, 4.69) is 19.1 Å².